The van der Waals surface area contributed by atoms with Crippen LogP contribution in [0.25, 0.3) is 5.82 Å². The summed E-state index contributed by atoms with van der Waals surface area (Å²) in [4.78, 5) is 16.2. The Morgan fingerprint density at radius 2 is 2.19 bits per heavy atom. The summed E-state index contributed by atoms with van der Waals surface area (Å²) >= 11 is 0. The van der Waals surface area contributed by atoms with Gasteiger partial charge in [0.1, 0.15) is 11.5 Å². The molecule has 2 aromatic heterocycles. The van der Waals surface area contributed by atoms with E-state index in [0.29, 0.717) is 11.5 Å². The predicted molar refractivity (Wildman–Crippen MR) is 64.0 cm³/mol. The van der Waals surface area contributed by atoms with Gasteiger partial charge in [0.25, 0.3) is 5.56 Å². The highest BCUT2D eigenvalue weighted by molar-refractivity contribution is 5.42. The van der Waals surface area contributed by atoms with Gasteiger partial charge in [0.15, 0.2) is 0 Å². The normalized spacial score (nSPS) is 10.1. The molecule has 0 fully saturated rings. The molecule has 0 aliphatic rings. The van der Waals surface area contributed by atoms with Gasteiger partial charge in [0.2, 0.25) is 0 Å². The van der Waals surface area contributed by atoms with Gasteiger partial charge >= 0.3 is 0 Å². The predicted octanol–water partition coefficient (Wildman–Crippen LogP) is 1.66. The average molecular weight is 215 g/mol. The summed E-state index contributed by atoms with van der Waals surface area (Å²) in [7, 11) is 0. The molecule has 4 nitrogen and oxygen atoms in total. The first-order chi connectivity index (χ1) is 7.83. The summed E-state index contributed by atoms with van der Waals surface area (Å²) in [5.74, 6) is 0.632. The fourth-order valence-corrected chi connectivity index (χ4v) is 1.50. The molecule has 1 N–H and O–H groups in total. The van der Waals surface area contributed by atoms with E-state index in [-0.39, 0.29) is 5.56 Å². The zero-order valence-electron chi connectivity index (χ0n) is 9.05. The van der Waals surface area contributed by atoms with Crippen molar-refractivity contribution in [3.63, 3.8) is 0 Å². The van der Waals surface area contributed by atoms with Gasteiger partial charge < -0.3 is 5.32 Å². The number of pyridine rings is 2. The smallest absolute Gasteiger partial charge is 0.279 e. The van der Waals surface area contributed by atoms with Crippen LogP contribution < -0.4 is 10.9 Å². The molecule has 0 saturated carbocycles. The summed E-state index contributed by atoms with van der Waals surface area (Å²) in [6, 6.07) is 9.08. The third-order valence-corrected chi connectivity index (χ3v) is 2.21. The highest BCUT2D eigenvalue weighted by atomic mass is 16.1. The summed E-state index contributed by atoms with van der Waals surface area (Å²) < 4.78 is 1.53. The van der Waals surface area contributed by atoms with E-state index in [2.05, 4.69) is 10.3 Å². The molecule has 2 aromatic rings. The van der Waals surface area contributed by atoms with Gasteiger partial charge in [-0.2, -0.15) is 0 Å². The van der Waals surface area contributed by atoms with Crippen LogP contribution in [-0.4, -0.2) is 16.1 Å². The summed E-state index contributed by atoms with van der Waals surface area (Å²) in [6.07, 6.45) is 3.38. The van der Waals surface area contributed by atoms with Crippen LogP contribution in [0.3, 0.4) is 0 Å². The van der Waals surface area contributed by atoms with Crippen LogP contribution in [0.1, 0.15) is 6.92 Å². The molecule has 16 heavy (non-hydrogen) atoms. The Balaban J connectivity index is 2.51. The van der Waals surface area contributed by atoms with Gasteiger partial charge in [-0.1, -0.05) is 6.07 Å². The summed E-state index contributed by atoms with van der Waals surface area (Å²) in [5, 5.41) is 3.02. The van der Waals surface area contributed by atoms with Crippen molar-refractivity contribution < 1.29 is 0 Å². The maximum absolute atomic E-state index is 12.0. The first kappa shape index (κ1) is 10.4. The SMILES string of the molecule is CCNc1cccn(-c2ccccn2)c1=O. The van der Waals surface area contributed by atoms with Gasteiger partial charge in [-0.25, -0.2) is 4.98 Å². The van der Waals surface area contributed by atoms with Gasteiger partial charge in [0.05, 0.1) is 0 Å². The maximum atomic E-state index is 12.0. The van der Waals surface area contributed by atoms with Crippen LogP contribution in [0.5, 0.6) is 0 Å². The topological polar surface area (TPSA) is 46.9 Å². The Morgan fingerprint density at radius 3 is 2.88 bits per heavy atom. The molecule has 0 bridgehead atoms. The lowest BCUT2D eigenvalue weighted by molar-refractivity contribution is 0.938. The van der Waals surface area contributed by atoms with E-state index in [4.69, 9.17) is 0 Å². The van der Waals surface area contributed by atoms with E-state index in [0.717, 1.165) is 6.54 Å². The molecule has 2 rings (SSSR count). The molecule has 0 spiro atoms. The third-order valence-electron chi connectivity index (χ3n) is 2.21. The molecule has 0 atom stereocenters. The second kappa shape index (κ2) is 4.61. The first-order valence-corrected chi connectivity index (χ1v) is 5.20. The van der Waals surface area contributed by atoms with Gasteiger partial charge in [-0.05, 0) is 31.2 Å². The Kier molecular flexibility index (Phi) is 3.00. The summed E-state index contributed by atoms with van der Waals surface area (Å²) in [6.45, 7) is 2.68. The van der Waals surface area contributed by atoms with E-state index < -0.39 is 0 Å². The van der Waals surface area contributed by atoms with Crippen molar-refractivity contribution in [3.8, 4) is 5.82 Å². The number of hydrogen-bond acceptors (Lipinski definition) is 3. The van der Waals surface area contributed by atoms with E-state index in [1.54, 1.807) is 24.5 Å². The number of aromatic nitrogens is 2. The number of nitrogens with one attached hydrogen (secondary N) is 1. The molecule has 0 amide bonds. The molecule has 82 valence electrons. The molecule has 0 saturated heterocycles. The molecule has 4 heteroatoms. The lowest BCUT2D eigenvalue weighted by Gasteiger charge is -2.07. The Hall–Kier alpha value is -2.10. The highest BCUT2D eigenvalue weighted by Crippen LogP contribution is 2.03. The third kappa shape index (κ3) is 1.95. The average Bonchev–Trinajstić information content (AvgIpc) is 2.33. The summed E-state index contributed by atoms with van der Waals surface area (Å²) in [5.41, 5.74) is 0.513. The highest BCUT2D eigenvalue weighted by Gasteiger charge is 2.03. The minimum Gasteiger partial charge on any atom is -0.381 e. The Morgan fingerprint density at radius 1 is 1.31 bits per heavy atom. The first-order valence-electron chi connectivity index (χ1n) is 5.20. The van der Waals surface area contributed by atoms with Gasteiger partial charge in [0, 0.05) is 18.9 Å². The van der Waals surface area contributed by atoms with Crippen molar-refractivity contribution in [1.29, 1.82) is 0 Å². The minimum atomic E-state index is -0.0805. The largest absolute Gasteiger partial charge is 0.381 e. The minimum absolute atomic E-state index is 0.0805. The fraction of sp³-hybridized carbons (Fsp3) is 0.167. The molecular formula is C12H13N3O. The molecule has 0 aliphatic heterocycles. The second-order valence-electron chi connectivity index (χ2n) is 3.32. The van der Waals surface area contributed by atoms with Crippen LogP contribution in [0.2, 0.25) is 0 Å². The van der Waals surface area contributed by atoms with Crippen LogP contribution >= 0.6 is 0 Å². The van der Waals surface area contributed by atoms with Crippen molar-refractivity contribution in [2.45, 2.75) is 6.92 Å². The van der Waals surface area contributed by atoms with E-state index >= 15 is 0 Å². The number of hydrogen-bond donors (Lipinski definition) is 1. The molecular weight excluding hydrogens is 202 g/mol. The molecule has 0 aromatic carbocycles. The van der Waals surface area contributed by atoms with Crippen LogP contribution in [0.4, 0.5) is 5.69 Å². The van der Waals surface area contributed by atoms with Crippen molar-refractivity contribution in [3.05, 3.63) is 53.1 Å². The lowest BCUT2D eigenvalue weighted by Crippen LogP contribution is -2.22. The van der Waals surface area contributed by atoms with E-state index in [9.17, 15) is 4.79 Å². The standard InChI is InChI=1S/C12H13N3O/c1-2-13-10-6-5-9-15(12(10)16)11-7-3-4-8-14-11/h3-9,13H,2H2,1H3. The zero-order valence-corrected chi connectivity index (χ0v) is 9.05. The van der Waals surface area contributed by atoms with Gasteiger partial charge in [-0.15, -0.1) is 0 Å². The molecule has 0 aliphatic carbocycles. The molecule has 0 radical (unpaired) electrons. The maximum Gasteiger partial charge on any atom is 0.279 e. The number of anilines is 1. The van der Waals surface area contributed by atoms with Crippen molar-refractivity contribution in [2.75, 3.05) is 11.9 Å². The fourth-order valence-electron chi connectivity index (χ4n) is 1.50. The van der Waals surface area contributed by atoms with Crippen molar-refractivity contribution >= 4 is 5.69 Å². The van der Waals surface area contributed by atoms with Crippen LogP contribution in [-0.2, 0) is 0 Å². The second-order valence-corrected chi connectivity index (χ2v) is 3.32. The van der Waals surface area contributed by atoms with E-state index in [1.807, 2.05) is 25.1 Å². The van der Waals surface area contributed by atoms with Crippen molar-refractivity contribution in [1.82, 2.24) is 9.55 Å². The monoisotopic (exact) mass is 215 g/mol. The zero-order chi connectivity index (χ0) is 11.4. The van der Waals surface area contributed by atoms with Gasteiger partial charge in [-0.3, -0.25) is 9.36 Å². The van der Waals surface area contributed by atoms with E-state index in [1.165, 1.54) is 4.57 Å². The Bertz CT molecular complexity index is 519. The lowest BCUT2D eigenvalue weighted by atomic mass is 10.3. The molecule has 0 unspecified atom stereocenters. The molecule has 2 heterocycles. The van der Waals surface area contributed by atoms with Crippen molar-refractivity contribution in [2.24, 2.45) is 0 Å². The Labute approximate surface area is 93.6 Å². The number of rotatable bonds is 3. The van der Waals surface area contributed by atoms with Crippen LogP contribution in [0, 0.1) is 0 Å². The quantitative estimate of drug-likeness (QED) is 0.847. The number of nitrogens with zero attached hydrogens (tertiary/aromatic N) is 2. The van der Waals surface area contributed by atoms with Crippen LogP contribution in [0.15, 0.2) is 47.5 Å².